The molecule has 1 unspecified atom stereocenters. The van der Waals surface area contributed by atoms with Crippen molar-refractivity contribution in [2.75, 3.05) is 25.1 Å². The van der Waals surface area contributed by atoms with Crippen molar-refractivity contribution in [3.63, 3.8) is 0 Å². The summed E-state index contributed by atoms with van der Waals surface area (Å²) in [7, 11) is 1.91. The van der Waals surface area contributed by atoms with E-state index in [1.807, 2.05) is 18.0 Å². The molecule has 1 aliphatic heterocycles. The number of hydrogen-bond acceptors (Lipinski definition) is 4. The van der Waals surface area contributed by atoms with E-state index in [4.69, 9.17) is 4.74 Å². The average molecular weight is 290 g/mol. The van der Waals surface area contributed by atoms with Crippen LogP contribution >= 0.6 is 0 Å². The molecule has 0 radical (unpaired) electrons. The molecule has 5 nitrogen and oxygen atoms in total. The number of fused-ring (bicyclic) bond motifs is 1. The minimum atomic E-state index is -0.898. The predicted octanol–water partition coefficient (Wildman–Crippen LogP) is 2.27. The minimum Gasteiger partial charge on any atom is -0.478 e. The quantitative estimate of drug-likeness (QED) is 0.921. The number of carbonyl (C=O) groups is 1. The molecule has 114 valence electrons. The summed E-state index contributed by atoms with van der Waals surface area (Å²) in [6.45, 7) is 1.51. The summed E-state index contributed by atoms with van der Waals surface area (Å²) < 4.78 is 5.64. The van der Waals surface area contributed by atoms with Crippen LogP contribution in [0.5, 0.6) is 0 Å². The fourth-order valence-electron chi connectivity index (χ4n) is 3.25. The monoisotopic (exact) mass is 290 g/mol. The Labute approximate surface area is 124 Å². The lowest BCUT2D eigenvalue weighted by Crippen LogP contribution is -2.31. The van der Waals surface area contributed by atoms with Gasteiger partial charge in [-0.3, -0.25) is 0 Å². The maximum absolute atomic E-state index is 11.6. The van der Waals surface area contributed by atoms with Crippen molar-refractivity contribution in [2.24, 2.45) is 0 Å². The molecule has 1 aromatic rings. The van der Waals surface area contributed by atoms with Crippen molar-refractivity contribution in [2.45, 2.75) is 44.6 Å². The summed E-state index contributed by atoms with van der Waals surface area (Å²) in [4.78, 5) is 18.2. The van der Waals surface area contributed by atoms with Crippen LogP contribution in [0.25, 0.3) is 0 Å². The molecule has 1 aliphatic carbocycles. The van der Waals surface area contributed by atoms with E-state index < -0.39 is 5.97 Å². The van der Waals surface area contributed by atoms with E-state index in [1.54, 1.807) is 0 Å². The highest BCUT2D eigenvalue weighted by Gasteiger charge is 2.24. The maximum atomic E-state index is 11.6. The third kappa shape index (κ3) is 3.02. The average Bonchev–Trinajstić information content (AvgIpc) is 2.98. The Bertz CT molecular complexity index is 539. The SMILES string of the molecule is CN(CC1CCCO1)c1nc2c(cc1C(=O)O)CCCC2. The van der Waals surface area contributed by atoms with Crippen LogP contribution in [-0.2, 0) is 17.6 Å². The van der Waals surface area contributed by atoms with E-state index in [1.165, 1.54) is 0 Å². The second kappa shape index (κ2) is 6.02. The molecule has 2 heterocycles. The number of likely N-dealkylation sites (N-methyl/N-ethyl adjacent to an activating group) is 1. The number of carboxylic acid groups (broad SMARTS) is 1. The molecule has 1 atom stereocenters. The van der Waals surface area contributed by atoms with Crippen LogP contribution in [0.15, 0.2) is 6.07 Å². The third-order valence-corrected chi connectivity index (χ3v) is 4.37. The number of pyridine rings is 1. The number of ether oxygens (including phenoxy) is 1. The number of nitrogens with zero attached hydrogens (tertiary/aromatic N) is 2. The van der Waals surface area contributed by atoms with E-state index >= 15 is 0 Å². The van der Waals surface area contributed by atoms with Crippen LogP contribution in [0, 0.1) is 0 Å². The lowest BCUT2D eigenvalue weighted by molar-refractivity contribution is 0.0696. The lowest BCUT2D eigenvalue weighted by atomic mass is 9.94. The van der Waals surface area contributed by atoms with Crippen LogP contribution in [0.4, 0.5) is 5.82 Å². The van der Waals surface area contributed by atoms with E-state index in [0.717, 1.165) is 56.4 Å². The van der Waals surface area contributed by atoms with Gasteiger partial charge in [-0.15, -0.1) is 0 Å². The molecular formula is C16H22N2O3. The van der Waals surface area contributed by atoms with Crippen LogP contribution in [0.3, 0.4) is 0 Å². The zero-order valence-electron chi connectivity index (χ0n) is 12.5. The van der Waals surface area contributed by atoms with Gasteiger partial charge >= 0.3 is 5.97 Å². The number of carboxylic acids is 1. The smallest absolute Gasteiger partial charge is 0.339 e. The Morgan fingerprint density at radius 2 is 2.24 bits per heavy atom. The highest BCUT2D eigenvalue weighted by atomic mass is 16.5. The van der Waals surface area contributed by atoms with E-state index in [2.05, 4.69) is 4.98 Å². The summed E-state index contributed by atoms with van der Waals surface area (Å²) >= 11 is 0. The Morgan fingerprint density at radius 3 is 2.95 bits per heavy atom. The van der Waals surface area contributed by atoms with Crippen LogP contribution < -0.4 is 4.90 Å². The second-order valence-electron chi connectivity index (χ2n) is 5.99. The lowest BCUT2D eigenvalue weighted by Gasteiger charge is -2.25. The molecule has 0 saturated carbocycles. The van der Waals surface area contributed by atoms with Crippen molar-refractivity contribution < 1.29 is 14.6 Å². The number of hydrogen-bond donors (Lipinski definition) is 1. The van der Waals surface area contributed by atoms with Gasteiger partial charge in [-0.25, -0.2) is 9.78 Å². The largest absolute Gasteiger partial charge is 0.478 e. The summed E-state index contributed by atoms with van der Waals surface area (Å²) in [6.07, 6.45) is 6.48. The summed E-state index contributed by atoms with van der Waals surface area (Å²) in [5, 5.41) is 9.48. The summed E-state index contributed by atoms with van der Waals surface area (Å²) in [6, 6.07) is 1.82. The number of rotatable bonds is 4. The van der Waals surface area contributed by atoms with Crippen LogP contribution in [-0.4, -0.2) is 42.4 Å². The standard InChI is InChI=1S/C16H22N2O3/c1-18(10-12-6-4-8-21-12)15-13(16(19)20)9-11-5-2-3-7-14(11)17-15/h9,12H,2-8,10H2,1H3,(H,19,20). The molecular weight excluding hydrogens is 268 g/mol. The number of aromatic nitrogens is 1. The molecule has 1 N–H and O–H groups in total. The topological polar surface area (TPSA) is 62.7 Å². The van der Waals surface area contributed by atoms with Gasteiger partial charge in [0.05, 0.1) is 6.10 Å². The van der Waals surface area contributed by atoms with Crippen LogP contribution in [0.1, 0.15) is 47.3 Å². The summed E-state index contributed by atoms with van der Waals surface area (Å²) in [5.74, 6) is -0.316. The van der Waals surface area contributed by atoms with E-state index in [0.29, 0.717) is 17.9 Å². The van der Waals surface area contributed by atoms with Gasteiger partial charge in [0.15, 0.2) is 0 Å². The van der Waals surface area contributed by atoms with Crippen LogP contribution in [0.2, 0.25) is 0 Å². The normalized spacial score (nSPS) is 21.1. The fourth-order valence-corrected chi connectivity index (χ4v) is 3.25. The maximum Gasteiger partial charge on any atom is 0.339 e. The third-order valence-electron chi connectivity index (χ3n) is 4.37. The molecule has 0 aromatic carbocycles. The molecule has 5 heteroatoms. The molecule has 1 saturated heterocycles. The number of aryl methyl sites for hydroxylation is 2. The molecule has 1 fully saturated rings. The van der Waals surface area contributed by atoms with Gasteiger partial charge in [-0.05, 0) is 50.2 Å². The van der Waals surface area contributed by atoms with Gasteiger partial charge in [0, 0.05) is 25.9 Å². The second-order valence-corrected chi connectivity index (χ2v) is 5.99. The minimum absolute atomic E-state index is 0.189. The van der Waals surface area contributed by atoms with Crippen molar-refractivity contribution in [3.8, 4) is 0 Å². The molecule has 0 spiro atoms. The van der Waals surface area contributed by atoms with E-state index in [9.17, 15) is 9.90 Å². The molecule has 2 aliphatic rings. The molecule has 0 bridgehead atoms. The first kappa shape index (κ1) is 14.3. The van der Waals surface area contributed by atoms with Gasteiger partial charge in [0.1, 0.15) is 11.4 Å². The van der Waals surface area contributed by atoms with Gasteiger partial charge < -0.3 is 14.7 Å². The Kier molecular flexibility index (Phi) is 4.10. The van der Waals surface area contributed by atoms with Crippen molar-refractivity contribution in [3.05, 3.63) is 22.9 Å². The molecule has 0 amide bonds. The van der Waals surface area contributed by atoms with Gasteiger partial charge in [0.25, 0.3) is 0 Å². The molecule has 1 aromatic heterocycles. The van der Waals surface area contributed by atoms with Crippen molar-refractivity contribution in [1.29, 1.82) is 0 Å². The van der Waals surface area contributed by atoms with Crippen molar-refractivity contribution >= 4 is 11.8 Å². The number of anilines is 1. The zero-order chi connectivity index (χ0) is 14.8. The first-order valence-electron chi connectivity index (χ1n) is 7.74. The Morgan fingerprint density at radius 1 is 1.43 bits per heavy atom. The highest BCUT2D eigenvalue weighted by molar-refractivity contribution is 5.93. The summed E-state index contributed by atoms with van der Waals surface area (Å²) in [5.41, 5.74) is 2.49. The fraction of sp³-hybridized carbons (Fsp3) is 0.625. The van der Waals surface area contributed by atoms with Gasteiger partial charge in [0.2, 0.25) is 0 Å². The zero-order valence-corrected chi connectivity index (χ0v) is 12.5. The van der Waals surface area contributed by atoms with Gasteiger partial charge in [-0.1, -0.05) is 0 Å². The van der Waals surface area contributed by atoms with Crippen molar-refractivity contribution in [1.82, 2.24) is 4.98 Å². The van der Waals surface area contributed by atoms with E-state index in [-0.39, 0.29) is 6.10 Å². The molecule has 3 rings (SSSR count). The predicted molar refractivity (Wildman–Crippen MR) is 80.1 cm³/mol. The Balaban J connectivity index is 1.89. The Hall–Kier alpha value is -1.62. The number of aromatic carboxylic acids is 1. The highest BCUT2D eigenvalue weighted by Crippen LogP contribution is 2.27. The first-order chi connectivity index (χ1) is 10.1. The van der Waals surface area contributed by atoms with Gasteiger partial charge in [-0.2, -0.15) is 0 Å². The first-order valence-corrected chi connectivity index (χ1v) is 7.74. The molecule has 21 heavy (non-hydrogen) atoms.